The molecule has 1 aromatic rings. The number of halogens is 2. The van der Waals surface area contributed by atoms with Gasteiger partial charge in [0.15, 0.2) is 0 Å². The van der Waals surface area contributed by atoms with E-state index in [0.717, 1.165) is 17.6 Å². The number of nitrogens with one attached hydrogen (secondary N) is 2. The summed E-state index contributed by atoms with van der Waals surface area (Å²) in [5, 5.41) is 6.99. The molecule has 0 aliphatic carbocycles. The van der Waals surface area contributed by atoms with Crippen LogP contribution in [0, 0.1) is 0 Å². The summed E-state index contributed by atoms with van der Waals surface area (Å²) in [6.45, 7) is 3.26. The van der Waals surface area contributed by atoms with E-state index in [9.17, 15) is 0 Å². The fraction of sp³-hybridized carbons (Fsp3) is 0.500. The quantitative estimate of drug-likeness (QED) is 0.897. The second-order valence-electron chi connectivity index (χ2n) is 4.05. The second-order valence-corrected chi connectivity index (χ2v) is 4.97. The van der Waals surface area contributed by atoms with E-state index in [0.29, 0.717) is 6.04 Å². The summed E-state index contributed by atoms with van der Waals surface area (Å²) in [7, 11) is 0. The maximum atomic E-state index is 3.58. The predicted octanol–water partition coefficient (Wildman–Crippen LogP) is 2.71. The Bertz CT molecular complexity index is 296. The van der Waals surface area contributed by atoms with Crippen LogP contribution in [0.5, 0.6) is 0 Å². The highest BCUT2D eigenvalue weighted by Crippen LogP contribution is 2.11. The highest BCUT2D eigenvalue weighted by molar-refractivity contribution is 9.10. The topological polar surface area (TPSA) is 24.1 Å². The lowest BCUT2D eigenvalue weighted by Crippen LogP contribution is -2.42. The fourth-order valence-corrected chi connectivity index (χ4v) is 2.15. The van der Waals surface area contributed by atoms with E-state index >= 15 is 0 Å². The van der Waals surface area contributed by atoms with Crippen LogP contribution in [0.1, 0.15) is 18.4 Å². The zero-order valence-electron chi connectivity index (χ0n) is 9.21. The molecule has 0 saturated carbocycles. The van der Waals surface area contributed by atoms with Crippen molar-refractivity contribution in [2.24, 2.45) is 0 Å². The van der Waals surface area contributed by atoms with Crippen LogP contribution in [0.15, 0.2) is 28.7 Å². The van der Waals surface area contributed by atoms with Gasteiger partial charge in [0, 0.05) is 23.6 Å². The zero-order valence-corrected chi connectivity index (χ0v) is 11.6. The van der Waals surface area contributed by atoms with Gasteiger partial charge in [-0.15, -0.1) is 12.4 Å². The van der Waals surface area contributed by atoms with Gasteiger partial charge in [-0.25, -0.2) is 0 Å². The normalized spacial score (nSPS) is 20.2. The molecule has 1 heterocycles. The Morgan fingerprint density at radius 2 is 2.06 bits per heavy atom. The first-order valence-electron chi connectivity index (χ1n) is 5.53. The molecular formula is C12H18BrClN2. The first-order chi connectivity index (χ1) is 7.34. The summed E-state index contributed by atoms with van der Waals surface area (Å²) in [5.41, 5.74) is 1.35. The van der Waals surface area contributed by atoms with Crippen LogP contribution in [-0.2, 0) is 6.54 Å². The molecule has 1 aliphatic heterocycles. The number of hydrogen-bond acceptors (Lipinski definition) is 2. The van der Waals surface area contributed by atoms with Gasteiger partial charge in [-0.2, -0.15) is 0 Å². The number of rotatable bonds is 3. The van der Waals surface area contributed by atoms with Gasteiger partial charge in [0.1, 0.15) is 0 Å². The molecule has 4 heteroatoms. The number of piperidine rings is 1. The minimum absolute atomic E-state index is 0. The van der Waals surface area contributed by atoms with Crippen LogP contribution in [0.4, 0.5) is 0 Å². The third-order valence-corrected chi connectivity index (χ3v) is 3.33. The van der Waals surface area contributed by atoms with E-state index < -0.39 is 0 Å². The Morgan fingerprint density at radius 3 is 2.69 bits per heavy atom. The molecule has 2 N–H and O–H groups in total. The largest absolute Gasteiger partial charge is 0.315 e. The monoisotopic (exact) mass is 304 g/mol. The maximum Gasteiger partial charge on any atom is 0.0208 e. The molecule has 1 atom stereocenters. The molecule has 0 unspecified atom stereocenters. The molecule has 0 bridgehead atoms. The second kappa shape index (κ2) is 7.28. The fourth-order valence-electron chi connectivity index (χ4n) is 1.89. The first kappa shape index (κ1) is 14.0. The predicted molar refractivity (Wildman–Crippen MR) is 74.1 cm³/mol. The summed E-state index contributed by atoms with van der Waals surface area (Å²) in [6.07, 6.45) is 2.58. The minimum atomic E-state index is 0. The lowest BCUT2D eigenvalue weighted by Gasteiger charge is -2.23. The van der Waals surface area contributed by atoms with E-state index in [4.69, 9.17) is 0 Å². The van der Waals surface area contributed by atoms with Gasteiger partial charge in [-0.05, 0) is 37.1 Å². The Labute approximate surface area is 112 Å². The first-order valence-corrected chi connectivity index (χ1v) is 6.32. The van der Waals surface area contributed by atoms with Crippen molar-refractivity contribution in [3.8, 4) is 0 Å². The molecule has 90 valence electrons. The zero-order chi connectivity index (χ0) is 10.5. The molecule has 1 aliphatic rings. The summed E-state index contributed by atoms with van der Waals surface area (Å²) in [6, 6.07) is 9.15. The van der Waals surface area contributed by atoms with E-state index in [2.05, 4.69) is 50.8 Å². The van der Waals surface area contributed by atoms with Gasteiger partial charge >= 0.3 is 0 Å². The highest BCUT2D eigenvalue weighted by atomic mass is 79.9. The Kier molecular flexibility index (Phi) is 6.36. The Balaban J connectivity index is 0.00000128. The lowest BCUT2D eigenvalue weighted by atomic mass is 10.1. The van der Waals surface area contributed by atoms with Gasteiger partial charge < -0.3 is 10.6 Å². The van der Waals surface area contributed by atoms with Crippen molar-refractivity contribution in [2.75, 3.05) is 13.1 Å². The third kappa shape index (κ3) is 4.42. The van der Waals surface area contributed by atoms with Gasteiger partial charge in [-0.1, -0.05) is 28.1 Å². The van der Waals surface area contributed by atoms with Crippen molar-refractivity contribution < 1.29 is 0 Å². The van der Waals surface area contributed by atoms with Crippen LogP contribution in [0.25, 0.3) is 0 Å². The van der Waals surface area contributed by atoms with Crippen molar-refractivity contribution in [3.63, 3.8) is 0 Å². The summed E-state index contributed by atoms with van der Waals surface area (Å²) in [5.74, 6) is 0. The van der Waals surface area contributed by atoms with Gasteiger partial charge in [0.05, 0.1) is 0 Å². The van der Waals surface area contributed by atoms with E-state index in [1.807, 2.05) is 0 Å². The van der Waals surface area contributed by atoms with E-state index in [-0.39, 0.29) is 12.4 Å². The standard InChI is InChI=1S/C12H17BrN2.ClH/c13-11-5-3-10(4-6-11)8-15-12-2-1-7-14-9-12;/h3-6,12,14-15H,1-2,7-9H2;1H/t12-;/m0./s1. The lowest BCUT2D eigenvalue weighted by molar-refractivity contribution is 0.389. The average Bonchev–Trinajstić information content (AvgIpc) is 2.30. The van der Waals surface area contributed by atoms with Gasteiger partial charge in [0.2, 0.25) is 0 Å². The summed E-state index contributed by atoms with van der Waals surface area (Å²) < 4.78 is 1.14. The highest BCUT2D eigenvalue weighted by Gasteiger charge is 2.11. The summed E-state index contributed by atoms with van der Waals surface area (Å²) >= 11 is 3.44. The SMILES string of the molecule is Brc1ccc(CN[C@H]2CCCNC2)cc1.Cl. The van der Waals surface area contributed by atoms with Crippen LogP contribution in [-0.4, -0.2) is 19.1 Å². The van der Waals surface area contributed by atoms with Crippen molar-refractivity contribution in [1.82, 2.24) is 10.6 Å². The maximum absolute atomic E-state index is 3.58. The molecule has 16 heavy (non-hydrogen) atoms. The van der Waals surface area contributed by atoms with Crippen molar-refractivity contribution >= 4 is 28.3 Å². The van der Waals surface area contributed by atoms with Crippen LogP contribution < -0.4 is 10.6 Å². The molecule has 0 spiro atoms. The molecule has 0 amide bonds. The number of hydrogen-bond donors (Lipinski definition) is 2. The molecule has 1 saturated heterocycles. The Hall–Kier alpha value is -0.0900. The smallest absolute Gasteiger partial charge is 0.0208 e. The van der Waals surface area contributed by atoms with Crippen LogP contribution in [0.2, 0.25) is 0 Å². The number of benzene rings is 1. The van der Waals surface area contributed by atoms with Gasteiger partial charge in [0.25, 0.3) is 0 Å². The molecule has 0 aromatic heterocycles. The van der Waals surface area contributed by atoms with Crippen LogP contribution in [0.3, 0.4) is 0 Å². The van der Waals surface area contributed by atoms with Crippen molar-refractivity contribution in [3.05, 3.63) is 34.3 Å². The molecule has 2 rings (SSSR count). The van der Waals surface area contributed by atoms with Crippen LogP contribution >= 0.6 is 28.3 Å². The average molecular weight is 306 g/mol. The van der Waals surface area contributed by atoms with Gasteiger partial charge in [-0.3, -0.25) is 0 Å². The van der Waals surface area contributed by atoms with Crippen molar-refractivity contribution in [1.29, 1.82) is 0 Å². The molecule has 1 aromatic carbocycles. The molecule has 2 nitrogen and oxygen atoms in total. The van der Waals surface area contributed by atoms with E-state index in [1.165, 1.54) is 24.9 Å². The Morgan fingerprint density at radius 1 is 1.31 bits per heavy atom. The molecule has 1 fully saturated rings. The minimum Gasteiger partial charge on any atom is -0.315 e. The summed E-state index contributed by atoms with van der Waals surface area (Å²) in [4.78, 5) is 0. The molecule has 0 radical (unpaired) electrons. The van der Waals surface area contributed by atoms with Crippen molar-refractivity contribution in [2.45, 2.75) is 25.4 Å². The molecular weight excluding hydrogens is 288 g/mol. The third-order valence-electron chi connectivity index (χ3n) is 2.80. The van der Waals surface area contributed by atoms with E-state index in [1.54, 1.807) is 0 Å².